The minimum atomic E-state index is -0.533. The molecule has 174 valence electrons. The molecule has 5 rings (SSSR count). The molecule has 0 aliphatic rings. The highest BCUT2D eigenvalue weighted by atomic mass is 19.1. The number of carbonyl (C=O) groups is 2. The van der Waals surface area contributed by atoms with E-state index in [0.717, 1.165) is 5.56 Å². The molecule has 0 saturated heterocycles. The first kappa shape index (κ1) is 22.0. The highest BCUT2D eigenvalue weighted by Crippen LogP contribution is 2.25. The van der Waals surface area contributed by atoms with Gasteiger partial charge < -0.3 is 4.42 Å². The minimum absolute atomic E-state index is 0.268. The third-order valence-corrected chi connectivity index (χ3v) is 5.54. The molecule has 8 nitrogen and oxygen atoms in total. The van der Waals surface area contributed by atoms with E-state index in [1.54, 1.807) is 29.8 Å². The van der Waals surface area contributed by atoms with Gasteiger partial charge >= 0.3 is 0 Å². The number of carbonyl (C=O) groups excluding carboxylic acids is 2. The predicted octanol–water partition coefficient (Wildman–Crippen LogP) is 4.26. The molecule has 0 bridgehead atoms. The number of hydrogen-bond acceptors (Lipinski definition) is 5. The Morgan fingerprint density at radius 3 is 2.46 bits per heavy atom. The van der Waals surface area contributed by atoms with Crippen LogP contribution >= 0.6 is 0 Å². The lowest BCUT2D eigenvalue weighted by molar-refractivity contribution is 0.0846. The summed E-state index contributed by atoms with van der Waals surface area (Å²) in [6.07, 6.45) is 2.94. The summed E-state index contributed by atoms with van der Waals surface area (Å²) >= 11 is 0. The zero-order valence-corrected chi connectivity index (χ0v) is 18.7. The van der Waals surface area contributed by atoms with Crippen molar-refractivity contribution >= 4 is 22.8 Å². The summed E-state index contributed by atoms with van der Waals surface area (Å²) in [5, 5.41) is 4.89. The van der Waals surface area contributed by atoms with Crippen molar-refractivity contribution in [2.45, 2.75) is 13.5 Å². The molecule has 0 aliphatic carbocycles. The molecule has 0 unspecified atom stereocenters. The number of furan rings is 1. The van der Waals surface area contributed by atoms with E-state index in [1.165, 1.54) is 30.7 Å². The molecule has 0 atom stereocenters. The van der Waals surface area contributed by atoms with E-state index in [4.69, 9.17) is 9.40 Å². The number of hydrazine groups is 1. The van der Waals surface area contributed by atoms with Crippen molar-refractivity contribution in [2.75, 3.05) is 0 Å². The number of nitrogens with zero attached hydrogens (tertiary/aromatic N) is 3. The minimum Gasteiger partial charge on any atom is -0.469 e. The molecular weight excluding hydrogens is 449 g/mol. The van der Waals surface area contributed by atoms with Gasteiger partial charge in [0, 0.05) is 5.56 Å². The highest BCUT2D eigenvalue weighted by molar-refractivity contribution is 6.07. The van der Waals surface area contributed by atoms with Crippen LogP contribution in [0.15, 0.2) is 83.6 Å². The number of pyridine rings is 1. The van der Waals surface area contributed by atoms with Gasteiger partial charge in [0.05, 0.1) is 41.2 Å². The molecule has 0 spiro atoms. The standard InChI is InChI=1S/C26H20FN5O3/c1-16-20(10-11-35-16)25(33)30-31-26(34)21-13-23(18-7-3-2-4-8-18)29-24-22(21)14-28-32(24)15-17-6-5-9-19(27)12-17/h2-14H,15H2,1H3,(H,30,33)(H,31,34). The summed E-state index contributed by atoms with van der Waals surface area (Å²) in [5.41, 5.74) is 7.99. The number of fused-ring (bicyclic) bond motifs is 1. The second-order valence-electron chi connectivity index (χ2n) is 7.89. The van der Waals surface area contributed by atoms with Gasteiger partial charge in [0.2, 0.25) is 0 Å². The topological polar surface area (TPSA) is 102 Å². The van der Waals surface area contributed by atoms with Crippen molar-refractivity contribution < 1.29 is 18.4 Å². The summed E-state index contributed by atoms with van der Waals surface area (Å²) in [6, 6.07) is 18.8. The lowest BCUT2D eigenvalue weighted by Crippen LogP contribution is -2.41. The Hall–Kier alpha value is -4.79. The number of halogens is 1. The van der Waals surface area contributed by atoms with Crippen LogP contribution in [0.4, 0.5) is 4.39 Å². The van der Waals surface area contributed by atoms with Crippen molar-refractivity contribution in [1.29, 1.82) is 0 Å². The van der Waals surface area contributed by atoms with Gasteiger partial charge in [0.15, 0.2) is 5.65 Å². The maximum absolute atomic E-state index is 13.7. The molecule has 5 aromatic rings. The fraction of sp³-hybridized carbons (Fsp3) is 0.0769. The molecule has 0 aliphatic heterocycles. The molecule has 0 fully saturated rings. The number of aromatic nitrogens is 3. The van der Waals surface area contributed by atoms with Gasteiger partial charge in [-0.1, -0.05) is 42.5 Å². The van der Waals surface area contributed by atoms with Crippen LogP contribution in [0.2, 0.25) is 0 Å². The van der Waals surface area contributed by atoms with E-state index in [9.17, 15) is 14.0 Å². The SMILES string of the molecule is Cc1occc1C(=O)NNC(=O)c1cc(-c2ccccc2)nc2c1cnn2Cc1cccc(F)c1. The third kappa shape index (κ3) is 4.51. The van der Waals surface area contributed by atoms with Crippen molar-refractivity contribution in [3.05, 3.63) is 107 Å². The molecule has 2 aromatic carbocycles. The second kappa shape index (κ2) is 9.22. The Kier molecular flexibility index (Phi) is 5.80. The Labute approximate surface area is 199 Å². The number of nitrogens with one attached hydrogen (secondary N) is 2. The fourth-order valence-corrected chi connectivity index (χ4v) is 3.79. The maximum atomic E-state index is 13.7. The Bertz CT molecular complexity index is 1540. The molecule has 2 N–H and O–H groups in total. The molecule has 9 heteroatoms. The molecule has 2 amide bonds. The zero-order valence-electron chi connectivity index (χ0n) is 18.7. The third-order valence-electron chi connectivity index (χ3n) is 5.54. The van der Waals surface area contributed by atoms with Crippen LogP contribution < -0.4 is 10.9 Å². The molecule has 35 heavy (non-hydrogen) atoms. The number of amides is 2. The van der Waals surface area contributed by atoms with Crippen LogP contribution in [0, 0.1) is 12.7 Å². The summed E-state index contributed by atoms with van der Waals surface area (Å²) in [6.45, 7) is 1.92. The van der Waals surface area contributed by atoms with Gasteiger partial charge in [-0.2, -0.15) is 5.10 Å². The van der Waals surface area contributed by atoms with Crippen LogP contribution in [-0.4, -0.2) is 26.6 Å². The quantitative estimate of drug-likeness (QED) is 0.375. The number of benzene rings is 2. The van der Waals surface area contributed by atoms with Gasteiger partial charge in [-0.25, -0.2) is 14.1 Å². The lowest BCUT2D eigenvalue weighted by Gasteiger charge is -2.11. The van der Waals surface area contributed by atoms with Crippen molar-refractivity contribution in [2.24, 2.45) is 0 Å². The van der Waals surface area contributed by atoms with E-state index < -0.39 is 11.8 Å². The summed E-state index contributed by atoms with van der Waals surface area (Å²) in [7, 11) is 0. The lowest BCUT2D eigenvalue weighted by atomic mass is 10.1. The van der Waals surface area contributed by atoms with Crippen LogP contribution in [0.3, 0.4) is 0 Å². The summed E-state index contributed by atoms with van der Waals surface area (Å²) < 4.78 is 20.5. The first-order chi connectivity index (χ1) is 17.0. The molecule has 0 saturated carbocycles. The maximum Gasteiger partial charge on any atom is 0.273 e. The first-order valence-corrected chi connectivity index (χ1v) is 10.8. The first-order valence-electron chi connectivity index (χ1n) is 10.8. The van der Waals surface area contributed by atoms with E-state index in [2.05, 4.69) is 16.0 Å². The molecular formula is C26H20FN5O3. The average Bonchev–Trinajstić information content (AvgIpc) is 3.48. The Balaban J connectivity index is 1.51. The Morgan fingerprint density at radius 1 is 0.971 bits per heavy atom. The van der Waals surface area contributed by atoms with E-state index in [0.29, 0.717) is 33.6 Å². The monoisotopic (exact) mass is 469 g/mol. The Morgan fingerprint density at radius 2 is 1.74 bits per heavy atom. The smallest absolute Gasteiger partial charge is 0.273 e. The highest BCUT2D eigenvalue weighted by Gasteiger charge is 2.19. The molecule has 0 radical (unpaired) electrons. The number of rotatable bonds is 5. The van der Waals surface area contributed by atoms with Crippen LogP contribution in [0.25, 0.3) is 22.3 Å². The zero-order chi connectivity index (χ0) is 24.4. The molecule has 3 aromatic heterocycles. The van der Waals surface area contributed by atoms with E-state index in [1.807, 2.05) is 30.3 Å². The fourth-order valence-electron chi connectivity index (χ4n) is 3.79. The van der Waals surface area contributed by atoms with Gasteiger partial charge in [0.1, 0.15) is 11.6 Å². The van der Waals surface area contributed by atoms with Gasteiger partial charge in [-0.05, 0) is 36.8 Å². The van der Waals surface area contributed by atoms with Gasteiger partial charge in [0.25, 0.3) is 11.8 Å². The normalized spacial score (nSPS) is 10.9. The van der Waals surface area contributed by atoms with Gasteiger partial charge in [-0.15, -0.1) is 0 Å². The predicted molar refractivity (Wildman–Crippen MR) is 127 cm³/mol. The van der Waals surface area contributed by atoms with Crippen LogP contribution in [0.1, 0.15) is 32.0 Å². The summed E-state index contributed by atoms with van der Waals surface area (Å²) in [5.74, 6) is -0.942. The van der Waals surface area contributed by atoms with Crippen molar-refractivity contribution in [3.63, 3.8) is 0 Å². The summed E-state index contributed by atoms with van der Waals surface area (Å²) in [4.78, 5) is 30.3. The van der Waals surface area contributed by atoms with E-state index >= 15 is 0 Å². The molecule has 3 heterocycles. The second-order valence-corrected chi connectivity index (χ2v) is 7.89. The van der Waals surface area contributed by atoms with Crippen LogP contribution in [-0.2, 0) is 6.54 Å². The van der Waals surface area contributed by atoms with Gasteiger partial charge in [-0.3, -0.25) is 20.4 Å². The van der Waals surface area contributed by atoms with E-state index in [-0.39, 0.29) is 17.9 Å². The van der Waals surface area contributed by atoms with Crippen molar-refractivity contribution in [1.82, 2.24) is 25.6 Å². The van der Waals surface area contributed by atoms with Crippen molar-refractivity contribution in [3.8, 4) is 11.3 Å². The van der Waals surface area contributed by atoms with Crippen LogP contribution in [0.5, 0.6) is 0 Å². The average molecular weight is 469 g/mol. The largest absolute Gasteiger partial charge is 0.469 e. The number of hydrogen-bond donors (Lipinski definition) is 2. The number of aryl methyl sites for hydroxylation is 1.